The molecule has 0 amide bonds. The van der Waals surface area contributed by atoms with Crippen LogP contribution in [0.5, 0.6) is 0 Å². The van der Waals surface area contributed by atoms with Crippen LogP contribution in [0.3, 0.4) is 0 Å². The van der Waals surface area contributed by atoms with E-state index in [1.54, 1.807) is 0 Å². The summed E-state index contributed by atoms with van der Waals surface area (Å²) in [6, 6.07) is 165. The third-order valence-electron chi connectivity index (χ3n) is 26.8. The van der Waals surface area contributed by atoms with E-state index in [-0.39, 0.29) is 29.7 Å². The Morgan fingerprint density at radius 1 is 0.157 bits per heavy atom. The number of rotatable bonds is 12. The first kappa shape index (κ1) is 86.9. The summed E-state index contributed by atoms with van der Waals surface area (Å²) in [4.78, 5) is 30.5. The first-order valence-electron chi connectivity index (χ1n) is 46.0. The van der Waals surface area contributed by atoms with Gasteiger partial charge in [-0.1, -0.05) is 363 Å². The fourth-order valence-electron chi connectivity index (χ4n) is 21.0. The minimum atomic E-state index is 0. The average molecular weight is 1800 g/mol. The van der Waals surface area contributed by atoms with Crippen LogP contribution in [0.2, 0.25) is 0 Å². The maximum atomic E-state index is 5.12. The summed E-state index contributed by atoms with van der Waals surface area (Å²) in [6.07, 6.45) is 5.84. The highest BCUT2D eigenvalue weighted by atomic mass is 15.2. The van der Waals surface area contributed by atoms with E-state index in [4.69, 9.17) is 29.9 Å². The van der Waals surface area contributed by atoms with Crippen molar-refractivity contribution in [2.24, 2.45) is 0 Å². The van der Waals surface area contributed by atoms with Crippen molar-refractivity contribution in [2.75, 3.05) is 0 Å². The number of para-hydroxylation sites is 9. The smallest absolute Gasteiger partial charge is 0.238 e. The van der Waals surface area contributed by atoms with E-state index in [0.29, 0.717) is 17.6 Å². The Morgan fingerprint density at radius 3 is 0.764 bits per heavy atom. The fourth-order valence-corrected chi connectivity index (χ4v) is 21.0. The van der Waals surface area contributed by atoms with Crippen molar-refractivity contribution < 1.29 is 0 Å². The quantitative estimate of drug-likeness (QED) is 0.121. The van der Waals surface area contributed by atoms with Crippen molar-refractivity contribution in [1.82, 2.24) is 57.3 Å². The predicted molar refractivity (Wildman–Crippen MR) is 589 cm³/mol. The largest absolute Gasteiger partial charge is 0.309 e. The Kier molecular flexibility index (Phi) is 22.6. The number of nitrogens with zero attached hydrogens (tertiary/aromatic N) is 12. The zero-order valence-corrected chi connectivity index (χ0v) is 73.6. The lowest BCUT2D eigenvalue weighted by Gasteiger charge is -2.11. The second kappa shape index (κ2) is 36.4. The van der Waals surface area contributed by atoms with Gasteiger partial charge in [0, 0.05) is 139 Å². The van der Waals surface area contributed by atoms with Crippen LogP contribution in [0.25, 0.3) is 244 Å². The van der Waals surface area contributed by atoms with Crippen LogP contribution in [-0.4, -0.2) is 57.3 Å². The molecule has 28 aromatic rings. The molecule has 28 rings (SSSR count). The molecule has 10 aromatic heterocycles. The van der Waals surface area contributed by atoms with Gasteiger partial charge in [0.05, 0.1) is 83.3 Å². The number of hydrogen-bond donors (Lipinski definition) is 0. The molecular weight excluding hydrogens is 1710 g/mol. The van der Waals surface area contributed by atoms with E-state index in [2.05, 4.69) is 434 Å². The molecule has 0 radical (unpaired) electrons. The van der Waals surface area contributed by atoms with E-state index in [1.165, 1.54) is 98.1 Å². The first-order chi connectivity index (χ1) is 67.6. The molecular formula is C128H96N12. The highest BCUT2D eigenvalue weighted by molar-refractivity contribution is 6.25. The minimum absolute atomic E-state index is 0. The number of fused-ring (bicyclic) bond motifs is 19. The zero-order chi connectivity index (χ0) is 89.7. The molecule has 0 unspecified atom stereocenters. The van der Waals surface area contributed by atoms with Crippen LogP contribution in [0.1, 0.15) is 29.7 Å². The number of benzene rings is 18. The summed E-state index contributed by atoms with van der Waals surface area (Å²) in [5.74, 6) is 1.81. The van der Waals surface area contributed by atoms with Crippen LogP contribution in [0.15, 0.2) is 486 Å². The minimum Gasteiger partial charge on any atom is -0.309 e. The number of pyridine rings is 3. The first-order valence-corrected chi connectivity index (χ1v) is 46.0. The number of aromatic nitrogens is 12. The Labute approximate surface area is 810 Å². The molecule has 0 saturated heterocycles. The van der Waals surface area contributed by atoms with Gasteiger partial charge in [0.2, 0.25) is 5.95 Å². The van der Waals surface area contributed by atoms with Crippen molar-refractivity contribution in [3.8, 4) is 102 Å². The van der Waals surface area contributed by atoms with Crippen LogP contribution in [0.4, 0.5) is 0 Å². The molecule has 0 fully saturated rings. The molecule has 140 heavy (non-hydrogen) atoms. The van der Waals surface area contributed by atoms with Gasteiger partial charge < -0.3 is 22.8 Å². The van der Waals surface area contributed by atoms with Gasteiger partial charge in [-0.3, -0.25) is 19.5 Å². The fraction of sp³-hybridized carbons (Fsp3) is 0.0312. The molecule has 0 saturated carbocycles. The van der Waals surface area contributed by atoms with Gasteiger partial charge in [-0.15, -0.1) is 0 Å². The molecule has 0 aliphatic carbocycles. The Morgan fingerprint density at radius 2 is 0.407 bits per heavy atom. The maximum absolute atomic E-state index is 5.12. The molecule has 668 valence electrons. The Balaban J connectivity index is 0.000000120. The second-order valence-corrected chi connectivity index (χ2v) is 34.3. The van der Waals surface area contributed by atoms with Crippen molar-refractivity contribution in [3.63, 3.8) is 0 Å². The van der Waals surface area contributed by atoms with E-state index in [0.717, 1.165) is 128 Å². The van der Waals surface area contributed by atoms with Crippen molar-refractivity contribution in [2.45, 2.75) is 29.7 Å². The molecule has 10 heterocycles. The molecule has 0 aliphatic rings. The lowest BCUT2D eigenvalue weighted by molar-refractivity contribution is 0.953. The average Bonchev–Trinajstić information content (AvgIpc) is 1.56. The molecule has 0 bridgehead atoms. The molecule has 0 atom stereocenters. The monoisotopic (exact) mass is 1800 g/mol. The Hall–Kier alpha value is -18.5. The molecule has 0 aliphatic heterocycles. The zero-order valence-electron chi connectivity index (χ0n) is 73.6. The van der Waals surface area contributed by atoms with Gasteiger partial charge in [-0.2, -0.15) is 9.97 Å². The van der Waals surface area contributed by atoms with Gasteiger partial charge in [0.1, 0.15) is 0 Å². The van der Waals surface area contributed by atoms with E-state index in [9.17, 15) is 0 Å². The topological polar surface area (TPSA) is 107 Å². The summed E-state index contributed by atoms with van der Waals surface area (Å²) in [6.45, 7) is 0. The summed E-state index contributed by atoms with van der Waals surface area (Å²) in [7, 11) is 0. The molecule has 18 aromatic carbocycles. The molecule has 0 spiro atoms. The second-order valence-electron chi connectivity index (χ2n) is 34.3. The van der Waals surface area contributed by atoms with Gasteiger partial charge in [0.15, 0.2) is 11.6 Å². The van der Waals surface area contributed by atoms with Gasteiger partial charge in [-0.05, 0) is 155 Å². The maximum Gasteiger partial charge on any atom is 0.238 e. The normalized spacial score (nSPS) is 11.3. The van der Waals surface area contributed by atoms with Crippen molar-refractivity contribution in [1.29, 1.82) is 0 Å². The third-order valence-corrected chi connectivity index (χ3v) is 26.8. The third kappa shape index (κ3) is 14.4. The predicted octanol–water partition coefficient (Wildman–Crippen LogP) is 33.7. The van der Waals surface area contributed by atoms with Crippen molar-refractivity contribution >= 4 is 142 Å². The van der Waals surface area contributed by atoms with Gasteiger partial charge >= 0.3 is 0 Å². The standard InChI is InChI=1S/C44H28N6.C41H27N3.C39H25N3.4CH4/c1-4-15-29(16-5-1)42-46-43(30-17-6-2-7-18-30)48-44(47-42)50-36-25-13-10-21-32(36)39-34(23-14-26-37(39)50)41-40-33-22-11-12-24-35(33)49(38(40)27-28-45-41)31-19-8-3-9-20-31;1-3-12-28(13-4-1)29-22-24-31(25-23-29)44-35-19-9-7-16-32(35)39-34(18-11-21-37(39)44)41-40-33-17-8-10-20-36(33)43(38(40)26-27-42-41)30-14-5-2-6-15-30;1-2-13-28(14-3-1)41-34-19-9-7-16-31(34)38-36(41)23-24-40-39(38)32-17-10-20-35-37(32)30-15-6-8-18-33(30)42(35)29-22-21-26-11-4-5-12-27(26)25-29;;;;/h1-28H;1-27H;1-25H;4*1H4. The van der Waals surface area contributed by atoms with Gasteiger partial charge in [0.25, 0.3) is 0 Å². The lowest BCUT2D eigenvalue weighted by atomic mass is 10.00. The molecule has 0 N–H and O–H groups in total. The van der Waals surface area contributed by atoms with E-state index in [1.807, 2.05) is 79.3 Å². The van der Waals surface area contributed by atoms with Crippen LogP contribution in [0, 0.1) is 0 Å². The van der Waals surface area contributed by atoms with Crippen LogP contribution < -0.4 is 0 Å². The lowest BCUT2D eigenvalue weighted by Crippen LogP contribution is -2.06. The van der Waals surface area contributed by atoms with Gasteiger partial charge in [-0.25, -0.2) is 4.98 Å². The van der Waals surface area contributed by atoms with E-state index < -0.39 is 0 Å². The number of hydrogen-bond acceptors (Lipinski definition) is 6. The summed E-state index contributed by atoms with van der Waals surface area (Å²) >= 11 is 0. The van der Waals surface area contributed by atoms with Crippen LogP contribution >= 0.6 is 0 Å². The SMILES string of the molecule is C.C.C.C.c1ccc(-c2ccc(-n3c4ccccc4c4c(-c5nccc6c5c5ccccc5n6-c5ccccc5)cccc43)cc2)cc1.c1ccc(-c2nc(-c3ccccc3)nc(-n3c4ccccc4c4c(-c5nccc6c5c5ccccc5n6-c5ccccc5)cccc43)n2)cc1.c1ccc(-n2c3ccccc3c3c(-c4cccc5c4c4ccccc4n5-c4ccc5ccccc5c4)nccc32)cc1. The molecule has 12 nitrogen and oxygen atoms in total. The van der Waals surface area contributed by atoms with E-state index >= 15 is 0 Å². The summed E-state index contributed by atoms with van der Waals surface area (Å²) < 4.78 is 14.0. The van der Waals surface area contributed by atoms with Crippen molar-refractivity contribution in [3.05, 3.63) is 486 Å². The summed E-state index contributed by atoms with van der Waals surface area (Å²) in [5.41, 5.74) is 29.9. The highest BCUT2D eigenvalue weighted by Crippen LogP contribution is 2.49. The van der Waals surface area contributed by atoms with Crippen LogP contribution in [-0.2, 0) is 0 Å². The summed E-state index contributed by atoms with van der Waals surface area (Å²) in [5, 5.41) is 16.6. The highest BCUT2D eigenvalue weighted by Gasteiger charge is 2.28. The molecule has 12 heteroatoms. The Bertz CT molecular complexity index is 9470.